The third-order valence-electron chi connectivity index (χ3n) is 0.606. The highest BCUT2D eigenvalue weighted by Crippen LogP contribution is 1.85. The van der Waals surface area contributed by atoms with Crippen molar-refractivity contribution in [2.75, 3.05) is 0 Å². The molecule has 0 aromatic rings. The molecule has 0 saturated carbocycles. The van der Waals surface area contributed by atoms with Gasteiger partial charge >= 0.3 is 0 Å². The summed E-state index contributed by atoms with van der Waals surface area (Å²) in [6.45, 7) is 9.40. The summed E-state index contributed by atoms with van der Waals surface area (Å²) in [6.07, 6.45) is 4.62. The van der Waals surface area contributed by atoms with Crippen molar-refractivity contribution in [2.24, 2.45) is 5.73 Å². The summed E-state index contributed by atoms with van der Waals surface area (Å²) in [5, 5.41) is 0. The second-order valence-corrected chi connectivity index (χ2v) is 1.47. The molecular weight excluding hydrogens is 110 g/mol. The van der Waals surface area contributed by atoms with E-state index in [0.29, 0.717) is 0 Å². The lowest BCUT2D eigenvalue weighted by molar-refractivity contribution is 1.24. The van der Waals surface area contributed by atoms with E-state index >= 15 is 0 Å². The average molecular weight is 127 g/mol. The lowest BCUT2D eigenvalue weighted by atomic mass is 10.3. The Kier molecular flexibility index (Phi) is 12.7. The molecule has 0 atom stereocenters. The van der Waals surface area contributed by atoms with E-state index in [9.17, 15) is 0 Å². The first kappa shape index (κ1) is 11.1. The Hall–Kier alpha value is -0.720. The normalized spacial score (nSPS) is 9.44. The van der Waals surface area contributed by atoms with Gasteiger partial charge in [0.1, 0.15) is 0 Å². The molecule has 1 nitrogen and oxygen atoms in total. The Morgan fingerprint density at radius 2 is 2.00 bits per heavy atom. The lowest BCUT2D eigenvalue weighted by Crippen LogP contribution is -1.88. The monoisotopic (exact) mass is 127 g/mol. The smallest absolute Gasteiger partial charge is 0.00115 e. The van der Waals surface area contributed by atoms with E-state index < -0.39 is 0 Å². The van der Waals surface area contributed by atoms with E-state index in [4.69, 9.17) is 5.73 Å². The summed E-state index contributed by atoms with van der Waals surface area (Å²) in [7, 11) is 0. The van der Waals surface area contributed by atoms with E-state index in [1.807, 2.05) is 32.9 Å². The molecule has 0 saturated heterocycles. The molecule has 0 aromatic heterocycles. The fourth-order valence-electron chi connectivity index (χ4n) is 0.269. The molecule has 0 radical (unpaired) electrons. The van der Waals surface area contributed by atoms with Gasteiger partial charge in [0.15, 0.2) is 0 Å². The van der Waals surface area contributed by atoms with Crippen LogP contribution in [0, 0.1) is 0 Å². The molecule has 0 aliphatic rings. The molecule has 0 bridgehead atoms. The molecule has 0 unspecified atom stereocenters. The Morgan fingerprint density at radius 1 is 1.56 bits per heavy atom. The van der Waals surface area contributed by atoms with Gasteiger partial charge in [-0.25, -0.2) is 0 Å². The van der Waals surface area contributed by atoms with Gasteiger partial charge in [-0.05, 0) is 13.3 Å². The Morgan fingerprint density at radius 3 is 2.11 bits per heavy atom. The quantitative estimate of drug-likeness (QED) is 0.566. The summed E-state index contributed by atoms with van der Waals surface area (Å²) < 4.78 is 0. The van der Waals surface area contributed by atoms with Gasteiger partial charge in [0.25, 0.3) is 0 Å². The van der Waals surface area contributed by atoms with Crippen molar-refractivity contribution < 1.29 is 0 Å². The van der Waals surface area contributed by atoms with Crippen LogP contribution < -0.4 is 5.73 Å². The van der Waals surface area contributed by atoms with Gasteiger partial charge in [0.05, 0.1) is 0 Å². The topological polar surface area (TPSA) is 26.0 Å². The Labute approximate surface area is 58.3 Å². The summed E-state index contributed by atoms with van der Waals surface area (Å²) in [5.74, 6) is 0. The SMILES string of the molecule is C=CC/C=C(\C)N.CC. The van der Waals surface area contributed by atoms with Gasteiger partial charge in [-0.3, -0.25) is 0 Å². The largest absolute Gasteiger partial charge is 0.403 e. The van der Waals surface area contributed by atoms with Crippen LogP contribution >= 0.6 is 0 Å². The second-order valence-electron chi connectivity index (χ2n) is 1.47. The van der Waals surface area contributed by atoms with Crippen LogP contribution in [0.1, 0.15) is 27.2 Å². The molecule has 54 valence electrons. The second kappa shape index (κ2) is 10.3. The molecule has 0 spiro atoms. The predicted molar refractivity (Wildman–Crippen MR) is 44.1 cm³/mol. The van der Waals surface area contributed by atoms with Crippen LogP contribution in [-0.4, -0.2) is 0 Å². The molecule has 1 heteroatoms. The van der Waals surface area contributed by atoms with Crippen molar-refractivity contribution in [2.45, 2.75) is 27.2 Å². The zero-order chi connectivity index (χ0) is 7.70. The number of rotatable bonds is 2. The molecular formula is C8H17N. The maximum Gasteiger partial charge on any atom is 0.00115 e. The van der Waals surface area contributed by atoms with Gasteiger partial charge in [0.2, 0.25) is 0 Å². The molecule has 2 N–H and O–H groups in total. The number of allylic oxidation sites excluding steroid dienone is 3. The highest BCUT2D eigenvalue weighted by atomic mass is 14.5. The summed E-state index contributed by atoms with van der Waals surface area (Å²) in [6, 6.07) is 0. The molecule has 0 rings (SSSR count). The molecule has 0 amide bonds. The molecule has 0 aliphatic heterocycles. The van der Waals surface area contributed by atoms with Gasteiger partial charge in [0, 0.05) is 5.70 Å². The first-order valence-electron chi connectivity index (χ1n) is 3.30. The van der Waals surface area contributed by atoms with Gasteiger partial charge in [-0.15, -0.1) is 6.58 Å². The standard InChI is InChI=1S/C6H11N.C2H6/c1-3-4-5-6(2)7;1-2/h3,5H,1,4,7H2,2H3;1-2H3/b6-5+;. The van der Waals surface area contributed by atoms with E-state index in [0.717, 1.165) is 12.1 Å². The summed E-state index contributed by atoms with van der Waals surface area (Å²) in [5.41, 5.74) is 6.15. The molecule has 0 heterocycles. The minimum absolute atomic E-state index is 0.861. The van der Waals surface area contributed by atoms with Crippen molar-refractivity contribution in [3.63, 3.8) is 0 Å². The first-order chi connectivity index (χ1) is 4.27. The number of nitrogens with two attached hydrogens (primary N) is 1. The zero-order valence-corrected chi connectivity index (χ0v) is 6.65. The van der Waals surface area contributed by atoms with Crippen LogP contribution in [-0.2, 0) is 0 Å². The highest BCUT2D eigenvalue weighted by molar-refractivity contribution is 4.95. The fourth-order valence-corrected chi connectivity index (χ4v) is 0.269. The van der Waals surface area contributed by atoms with Crippen LogP contribution in [0.5, 0.6) is 0 Å². The Balaban J connectivity index is 0. The molecule has 0 aliphatic carbocycles. The predicted octanol–water partition coefficient (Wildman–Crippen LogP) is 2.45. The van der Waals surface area contributed by atoms with E-state index in [2.05, 4.69) is 6.58 Å². The van der Waals surface area contributed by atoms with Gasteiger partial charge in [-0.2, -0.15) is 0 Å². The van der Waals surface area contributed by atoms with Crippen LogP contribution in [0.2, 0.25) is 0 Å². The van der Waals surface area contributed by atoms with Crippen LogP contribution in [0.25, 0.3) is 0 Å². The van der Waals surface area contributed by atoms with Crippen LogP contribution in [0.4, 0.5) is 0 Å². The summed E-state index contributed by atoms with van der Waals surface area (Å²) >= 11 is 0. The van der Waals surface area contributed by atoms with E-state index in [-0.39, 0.29) is 0 Å². The maximum atomic E-state index is 5.29. The van der Waals surface area contributed by atoms with Crippen molar-refractivity contribution in [1.82, 2.24) is 0 Å². The van der Waals surface area contributed by atoms with Crippen LogP contribution in [0.3, 0.4) is 0 Å². The summed E-state index contributed by atoms with van der Waals surface area (Å²) in [4.78, 5) is 0. The van der Waals surface area contributed by atoms with E-state index in [1.54, 1.807) is 0 Å². The molecule has 9 heavy (non-hydrogen) atoms. The zero-order valence-electron chi connectivity index (χ0n) is 6.65. The van der Waals surface area contributed by atoms with Crippen molar-refractivity contribution in [3.8, 4) is 0 Å². The third kappa shape index (κ3) is 18.9. The number of hydrogen-bond donors (Lipinski definition) is 1. The third-order valence-corrected chi connectivity index (χ3v) is 0.606. The van der Waals surface area contributed by atoms with Crippen molar-refractivity contribution >= 4 is 0 Å². The van der Waals surface area contributed by atoms with Crippen LogP contribution in [0.15, 0.2) is 24.4 Å². The van der Waals surface area contributed by atoms with Crippen molar-refractivity contribution in [1.29, 1.82) is 0 Å². The van der Waals surface area contributed by atoms with Gasteiger partial charge < -0.3 is 5.73 Å². The lowest BCUT2D eigenvalue weighted by Gasteiger charge is -1.83. The number of hydrogen-bond acceptors (Lipinski definition) is 1. The van der Waals surface area contributed by atoms with E-state index in [1.165, 1.54) is 0 Å². The molecule has 0 aromatic carbocycles. The minimum atomic E-state index is 0.861. The first-order valence-corrected chi connectivity index (χ1v) is 3.30. The highest BCUT2D eigenvalue weighted by Gasteiger charge is 1.69. The van der Waals surface area contributed by atoms with Gasteiger partial charge in [-0.1, -0.05) is 26.0 Å². The van der Waals surface area contributed by atoms with Crippen molar-refractivity contribution in [3.05, 3.63) is 24.4 Å². The Bertz CT molecular complexity index is 78.6. The molecule has 0 fully saturated rings. The maximum absolute atomic E-state index is 5.29. The average Bonchev–Trinajstić information content (AvgIpc) is 1.88. The fraction of sp³-hybridized carbons (Fsp3) is 0.500. The minimum Gasteiger partial charge on any atom is -0.403 e.